The second-order valence-electron chi connectivity index (χ2n) is 8.39. The molecule has 0 heterocycles. The molecule has 1 unspecified atom stereocenters. The van der Waals surface area contributed by atoms with Crippen molar-refractivity contribution in [3.8, 4) is 0 Å². The van der Waals surface area contributed by atoms with Gasteiger partial charge in [-0.2, -0.15) is 4.31 Å². The van der Waals surface area contributed by atoms with E-state index in [2.05, 4.69) is 11.4 Å². The van der Waals surface area contributed by atoms with Crippen molar-refractivity contribution in [1.29, 1.82) is 0 Å². The second-order valence-corrected chi connectivity index (χ2v) is 10.3. The van der Waals surface area contributed by atoms with E-state index in [0.717, 1.165) is 34.7 Å². The van der Waals surface area contributed by atoms with E-state index >= 15 is 0 Å². The number of carbonyl (C=O) groups excluding carboxylic acids is 1. The van der Waals surface area contributed by atoms with Crippen LogP contribution in [0.4, 0.5) is 4.39 Å². The van der Waals surface area contributed by atoms with Crippen LogP contribution in [0.5, 0.6) is 0 Å². The lowest BCUT2D eigenvalue weighted by atomic mass is 9.88. The molecule has 1 amide bonds. The minimum Gasteiger partial charge on any atom is -0.348 e. The SMILES string of the molecule is Cc1ccc(S(=O)(=O)N(CC(=O)NC2CCCc3ccccc32)Cc2ccccc2F)cc1. The maximum Gasteiger partial charge on any atom is 0.243 e. The largest absolute Gasteiger partial charge is 0.348 e. The summed E-state index contributed by atoms with van der Waals surface area (Å²) < 4.78 is 42.2. The maximum atomic E-state index is 14.3. The Labute approximate surface area is 194 Å². The summed E-state index contributed by atoms with van der Waals surface area (Å²) in [5, 5.41) is 3.00. The van der Waals surface area contributed by atoms with Gasteiger partial charge in [0.15, 0.2) is 0 Å². The van der Waals surface area contributed by atoms with Crippen LogP contribution in [0.15, 0.2) is 77.7 Å². The molecule has 3 aromatic rings. The van der Waals surface area contributed by atoms with Gasteiger partial charge in [0.1, 0.15) is 5.82 Å². The first kappa shape index (κ1) is 23.1. The Morgan fingerprint density at radius 1 is 1.03 bits per heavy atom. The molecule has 1 aliphatic rings. The molecule has 0 saturated carbocycles. The van der Waals surface area contributed by atoms with Crippen molar-refractivity contribution in [2.75, 3.05) is 6.54 Å². The number of nitrogens with zero attached hydrogens (tertiary/aromatic N) is 1. The van der Waals surface area contributed by atoms with Crippen LogP contribution in [-0.2, 0) is 27.8 Å². The normalized spacial score (nSPS) is 15.8. The van der Waals surface area contributed by atoms with E-state index < -0.39 is 28.3 Å². The molecule has 0 aromatic heterocycles. The van der Waals surface area contributed by atoms with Crippen LogP contribution in [0.1, 0.15) is 41.1 Å². The van der Waals surface area contributed by atoms with E-state index in [0.29, 0.717) is 0 Å². The van der Waals surface area contributed by atoms with Gasteiger partial charge in [-0.15, -0.1) is 0 Å². The predicted molar refractivity (Wildman–Crippen MR) is 125 cm³/mol. The third-order valence-corrected chi connectivity index (χ3v) is 7.79. The summed E-state index contributed by atoms with van der Waals surface area (Å²) in [6.45, 7) is 1.23. The van der Waals surface area contributed by atoms with E-state index in [1.54, 1.807) is 24.3 Å². The quantitative estimate of drug-likeness (QED) is 0.557. The van der Waals surface area contributed by atoms with E-state index in [-0.39, 0.29) is 23.0 Å². The molecular formula is C26H27FN2O3S. The van der Waals surface area contributed by atoms with Crippen LogP contribution < -0.4 is 5.32 Å². The van der Waals surface area contributed by atoms with Gasteiger partial charge >= 0.3 is 0 Å². The van der Waals surface area contributed by atoms with E-state index in [1.165, 1.54) is 29.8 Å². The van der Waals surface area contributed by atoms with Crippen LogP contribution in [0.25, 0.3) is 0 Å². The fraction of sp³-hybridized carbons (Fsp3) is 0.269. The van der Waals surface area contributed by atoms with Gasteiger partial charge in [-0.1, -0.05) is 60.2 Å². The zero-order chi connectivity index (χ0) is 23.4. The summed E-state index contributed by atoms with van der Waals surface area (Å²) in [5.41, 5.74) is 3.40. The van der Waals surface area contributed by atoms with Crippen LogP contribution in [-0.4, -0.2) is 25.2 Å². The lowest BCUT2D eigenvalue weighted by Crippen LogP contribution is -2.42. The predicted octanol–water partition coefficient (Wildman–Crippen LogP) is 4.52. The smallest absolute Gasteiger partial charge is 0.243 e. The molecule has 172 valence electrons. The Balaban J connectivity index is 1.59. The molecule has 0 spiro atoms. The molecular weight excluding hydrogens is 439 g/mol. The van der Waals surface area contributed by atoms with Crippen molar-refractivity contribution in [2.45, 2.75) is 43.7 Å². The van der Waals surface area contributed by atoms with Crippen molar-refractivity contribution in [2.24, 2.45) is 0 Å². The van der Waals surface area contributed by atoms with Gasteiger partial charge in [-0.25, -0.2) is 12.8 Å². The van der Waals surface area contributed by atoms with Gasteiger partial charge in [0, 0.05) is 12.1 Å². The van der Waals surface area contributed by atoms with Crippen LogP contribution in [0.2, 0.25) is 0 Å². The standard InChI is InChI=1S/C26H27FN2O3S/c1-19-13-15-22(16-14-19)33(31,32)29(17-21-8-3-5-11-24(21)27)18-26(30)28-25-12-6-9-20-7-2-4-10-23(20)25/h2-5,7-8,10-11,13-16,25H,6,9,12,17-18H2,1H3,(H,28,30). The highest BCUT2D eigenvalue weighted by atomic mass is 32.2. The number of hydrogen-bond acceptors (Lipinski definition) is 3. The van der Waals surface area contributed by atoms with Gasteiger partial charge in [0.25, 0.3) is 0 Å². The summed E-state index contributed by atoms with van der Waals surface area (Å²) in [7, 11) is -4.02. The number of hydrogen-bond donors (Lipinski definition) is 1. The number of fused-ring (bicyclic) bond motifs is 1. The average Bonchev–Trinajstić information content (AvgIpc) is 2.80. The minimum atomic E-state index is -4.02. The molecule has 1 aliphatic carbocycles. The lowest BCUT2D eigenvalue weighted by molar-refractivity contribution is -0.122. The second kappa shape index (κ2) is 9.85. The van der Waals surface area contributed by atoms with E-state index in [1.807, 2.05) is 25.1 Å². The zero-order valence-corrected chi connectivity index (χ0v) is 19.3. The number of rotatable bonds is 7. The van der Waals surface area contributed by atoms with Crippen LogP contribution in [0.3, 0.4) is 0 Å². The first-order chi connectivity index (χ1) is 15.8. The highest BCUT2D eigenvalue weighted by Crippen LogP contribution is 2.29. The Bertz CT molecular complexity index is 1240. The summed E-state index contributed by atoms with van der Waals surface area (Å²) in [6, 6.07) is 20.2. The number of aryl methyl sites for hydroxylation is 2. The maximum absolute atomic E-state index is 14.3. The third-order valence-electron chi connectivity index (χ3n) is 5.99. The number of amides is 1. The van der Waals surface area contributed by atoms with Crippen molar-refractivity contribution in [3.05, 3.63) is 101 Å². The van der Waals surface area contributed by atoms with Crippen molar-refractivity contribution >= 4 is 15.9 Å². The third kappa shape index (κ3) is 5.31. The molecule has 0 saturated heterocycles. The lowest BCUT2D eigenvalue weighted by Gasteiger charge is -2.28. The molecule has 0 fully saturated rings. The summed E-state index contributed by atoms with van der Waals surface area (Å²) in [4.78, 5) is 13.1. The molecule has 3 aromatic carbocycles. The number of benzene rings is 3. The molecule has 0 aliphatic heterocycles. The highest BCUT2D eigenvalue weighted by molar-refractivity contribution is 7.89. The Morgan fingerprint density at radius 2 is 1.73 bits per heavy atom. The molecule has 7 heteroatoms. The molecule has 4 rings (SSSR count). The summed E-state index contributed by atoms with van der Waals surface area (Å²) >= 11 is 0. The number of sulfonamides is 1. The Kier molecular flexibility index (Phi) is 6.91. The fourth-order valence-corrected chi connectivity index (χ4v) is 5.58. The van der Waals surface area contributed by atoms with Gasteiger partial charge in [-0.3, -0.25) is 4.79 Å². The Hall–Kier alpha value is -3.03. The minimum absolute atomic E-state index is 0.0697. The molecule has 0 bridgehead atoms. The molecule has 5 nitrogen and oxygen atoms in total. The molecule has 0 radical (unpaired) electrons. The van der Waals surface area contributed by atoms with Gasteiger partial charge < -0.3 is 5.32 Å². The molecule has 33 heavy (non-hydrogen) atoms. The highest BCUT2D eigenvalue weighted by Gasteiger charge is 2.29. The summed E-state index contributed by atoms with van der Waals surface area (Å²) in [6.07, 6.45) is 2.70. The van der Waals surface area contributed by atoms with Gasteiger partial charge in [0.05, 0.1) is 17.5 Å². The molecule has 1 atom stereocenters. The number of nitrogens with one attached hydrogen (secondary N) is 1. The van der Waals surface area contributed by atoms with Gasteiger partial charge in [-0.05, 0) is 55.5 Å². The molecule has 1 N–H and O–H groups in total. The van der Waals surface area contributed by atoms with Crippen LogP contribution >= 0.6 is 0 Å². The zero-order valence-electron chi connectivity index (χ0n) is 18.5. The van der Waals surface area contributed by atoms with Crippen molar-refractivity contribution in [1.82, 2.24) is 9.62 Å². The fourth-order valence-electron chi connectivity index (χ4n) is 4.21. The summed E-state index contributed by atoms with van der Waals surface area (Å²) in [5.74, 6) is -0.924. The Morgan fingerprint density at radius 3 is 2.48 bits per heavy atom. The number of carbonyl (C=O) groups is 1. The first-order valence-electron chi connectivity index (χ1n) is 11.0. The van der Waals surface area contributed by atoms with Gasteiger partial charge in [0.2, 0.25) is 15.9 Å². The first-order valence-corrected chi connectivity index (χ1v) is 12.5. The van der Waals surface area contributed by atoms with E-state index in [9.17, 15) is 17.6 Å². The number of halogens is 1. The van der Waals surface area contributed by atoms with Crippen molar-refractivity contribution in [3.63, 3.8) is 0 Å². The van der Waals surface area contributed by atoms with Crippen LogP contribution in [0, 0.1) is 12.7 Å². The monoisotopic (exact) mass is 466 g/mol. The van der Waals surface area contributed by atoms with Crippen molar-refractivity contribution < 1.29 is 17.6 Å². The van der Waals surface area contributed by atoms with E-state index in [4.69, 9.17) is 0 Å². The average molecular weight is 467 g/mol. The topological polar surface area (TPSA) is 66.5 Å².